The molecule has 120 valence electrons. The minimum Gasteiger partial charge on any atom is -0.385 e. The smallest absolute Gasteiger partial charge is 0.265 e. The van der Waals surface area contributed by atoms with Gasteiger partial charge in [-0.15, -0.1) is 0 Å². The quantitative estimate of drug-likeness (QED) is 0.509. The highest BCUT2D eigenvalue weighted by atomic mass is 19.3. The third-order valence-electron chi connectivity index (χ3n) is 3.31. The van der Waals surface area contributed by atoms with Crippen LogP contribution in [0.1, 0.15) is 71.1 Å². The van der Waals surface area contributed by atoms with Crippen molar-refractivity contribution in [2.24, 2.45) is 0 Å². The molecule has 5 heteroatoms. The number of unbranched alkanes of at least 4 members (excludes halogenated alkanes) is 8. The average Bonchev–Trinajstić information content (AvgIpc) is 2.42. The number of rotatable bonds is 13. The van der Waals surface area contributed by atoms with Gasteiger partial charge in [-0.25, -0.2) is 8.78 Å². The second-order valence-corrected chi connectivity index (χ2v) is 5.28. The molecule has 0 rings (SSSR count). The molecule has 0 saturated heterocycles. The minimum absolute atomic E-state index is 0.257. The van der Waals surface area contributed by atoms with Gasteiger partial charge >= 0.3 is 0 Å². The molecule has 0 radical (unpaired) electrons. The SMILES string of the molecule is CCCCCCCCCCCC(=O)NCC(O)C(F)F. The molecule has 0 heterocycles. The molecule has 0 aliphatic rings. The van der Waals surface area contributed by atoms with E-state index in [0.29, 0.717) is 6.42 Å². The van der Waals surface area contributed by atoms with Gasteiger partial charge in [0.1, 0.15) is 6.10 Å². The van der Waals surface area contributed by atoms with Gasteiger partial charge in [0.15, 0.2) is 0 Å². The van der Waals surface area contributed by atoms with Crippen molar-refractivity contribution in [3.63, 3.8) is 0 Å². The van der Waals surface area contributed by atoms with Gasteiger partial charge in [-0.1, -0.05) is 58.3 Å². The van der Waals surface area contributed by atoms with E-state index in [0.717, 1.165) is 19.3 Å². The summed E-state index contributed by atoms with van der Waals surface area (Å²) in [5.74, 6) is -0.257. The van der Waals surface area contributed by atoms with Crippen LogP contribution >= 0.6 is 0 Å². The highest BCUT2D eigenvalue weighted by Crippen LogP contribution is 2.10. The summed E-state index contributed by atoms with van der Waals surface area (Å²) >= 11 is 0. The molecule has 0 fully saturated rings. The topological polar surface area (TPSA) is 49.3 Å². The molecule has 0 aromatic heterocycles. The first kappa shape index (κ1) is 19.3. The van der Waals surface area contributed by atoms with Crippen molar-refractivity contribution in [1.29, 1.82) is 0 Å². The molecule has 1 atom stereocenters. The lowest BCUT2D eigenvalue weighted by Crippen LogP contribution is -2.35. The zero-order chi connectivity index (χ0) is 15.2. The number of halogens is 2. The molecule has 0 spiro atoms. The lowest BCUT2D eigenvalue weighted by atomic mass is 10.1. The highest BCUT2D eigenvalue weighted by molar-refractivity contribution is 5.75. The van der Waals surface area contributed by atoms with E-state index in [2.05, 4.69) is 12.2 Å². The van der Waals surface area contributed by atoms with Crippen LogP contribution in [0.3, 0.4) is 0 Å². The van der Waals surface area contributed by atoms with E-state index in [9.17, 15) is 13.6 Å². The van der Waals surface area contributed by atoms with Crippen LogP contribution in [0.25, 0.3) is 0 Å². The van der Waals surface area contributed by atoms with E-state index in [4.69, 9.17) is 5.11 Å². The van der Waals surface area contributed by atoms with Gasteiger partial charge in [-0.3, -0.25) is 4.79 Å². The van der Waals surface area contributed by atoms with E-state index in [1.807, 2.05) is 0 Å². The Morgan fingerprint density at radius 2 is 1.50 bits per heavy atom. The lowest BCUT2D eigenvalue weighted by Gasteiger charge is -2.10. The van der Waals surface area contributed by atoms with Gasteiger partial charge in [-0.05, 0) is 6.42 Å². The Balaban J connectivity index is 3.27. The van der Waals surface area contributed by atoms with Crippen LogP contribution in [0, 0.1) is 0 Å². The first-order chi connectivity index (χ1) is 9.57. The average molecular weight is 293 g/mol. The number of alkyl halides is 2. The molecular weight excluding hydrogens is 264 g/mol. The van der Waals surface area contributed by atoms with Gasteiger partial charge in [0.2, 0.25) is 5.91 Å². The largest absolute Gasteiger partial charge is 0.385 e. The van der Waals surface area contributed by atoms with Gasteiger partial charge in [0.25, 0.3) is 6.43 Å². The fraction of sp³-hybridized carbons (Fsp3) is 0.933. The number of carbonyl (C=O) groups is 1. The summed E-state index contributed by atoms with van der Waals surface area (Å²) in [4.78, 5) is 11.3. The molecule has 0 saturated carbocycles. The number of aliphatic hydroxyl groups excluding tert-OH is 1. The number of hydrogen-bond donors (Lipinski definition) is 2. The molecule has 0 aromatic carbocycles. The van der Waals surface area contributed by atoms with Crippen molar-refractivity contribution < 1.29 is 18.7 Å². The number of amides is 1. The Kier molecular flexibility index (Phi) is 12.8. The van der Waals surface area contributed by atoms with Crippen molar-refractivity contribution in [3.05, 3.63) is 0 Å². The van der Waals surface area contributed by atoms with Crippen LogP contribution in [0.4, 0.5) is 8.78 Å². The molecule has 1 unspecified atom stereocenters. The van der Waals surface area contributed by atoms with Crippen molar-refractivity contribution in [1.82, 2.24) is 5.32 Å². The maximum atomic E-state index is 12.0. The molecule has 3 nitrogen and oxygen atoms in total. The Bertz CT molecular complexity index is 238. The summed E-state index contributed by atoms with van der Waals surface area (Å²) in [5.41, 5.74) is 0. The predicted molar refractivity (Wildman–Crippen MR) is 76.9 cm³/mol. The lowest BCUT2D eigenvalue weighted by molar-refractivity contribution is -0.122. The van der Waals surface area contributed by atoms with Crippen LogP contribution in [-0.4, -0.2) is 30.1 Å². The third kappa shape index (κ3) is 12.3. The van der Waals surface area contributed by atoms with Gasteiger partial charge in [-0.2, -0.15) is 0 Å². The van der Waals surface area contributed by atoms with Crippen molar-refractivity contribution in [3.8, 4) is 0 Å². The maximum absolute atomic E-state index is 12.0. The monoisotopic (exact) mass is 293 g/mol. The summed E-state index contributed by atoms with van der Waals surface area (Å²) in [7, 11) is 0. The van der Waals surface area contributed by atoms with Gasteiger partial charge in [0.05, 0.1) is 0 Å². The molecule has 0 aromatic rings. The molecular formula is C15H29F2NO2. The first-order valence-electron chi connectivity index (χ1n) is 7.80. The Labute approximate surface area is 121 Å². The Morgan fingerprint density at radius 1 is 1.00 bits per heavy atom. The summed E-state index contributed by atoms with van der Waals surface area (Å²) in [6.45, 7) is 1.83. The summed E-state index contributed by atoms with van der Waals surface area (Å²) in [6.07, 6.45) is 6.33. The van der Waals surface area contributed by atoms with Crippen molar-refractivity contribution in [2.45, 2.75) is 83.7 Å². The van der Waals surface area contributed by atoms with Crippen LogP contribution in [0.5, 0.6) is 0 Å². The molecule has 1 amide bonds. The van der Waals surface area contributed by atoms with Crippen LogP contribution in [0.2, 0.25) is 0 Å². The van der Waals surface area contributed by atoms with E-state index in [-0.39, 0.29) is 12.5 Å². The van der Waals surface area contributed by atoms with E-state index >= 15 is 0 Å². The molecule has 2 N–H and O–H groups in total. The number of aliphatic hydroxyl groups is 1. The van der Waals surface area contributed by atoms with Crippen LogP contribution < -0.4 is 5.32 Å². The van der Waals surface area contributed by atoms with Crippen LogP contribution in [0.15, 0.2) is 0 Å². The summed E-state index contributed by atoms with van der Waals surface area (Å²) in [5, 5.41) is 11.2. The van der Waals surface area contributed by atoms with Crippen molar-refractivity contribution >= 4 is 5.91 Å². The van der Waals surface area contributed by atoms with Gasteiger partial charge in [0, 0.05) is 13.0 Å². The molecule has 0 aliphatic carbocycles. The first-order valence-corrected chi connectivity index (χ1v) is 7.80. The van der Waals surface area contributed by atoms with E-state index in [1.165, 1.54) is 38.5 Å². The second-order valence-electron chi connectivity index (χ2n) is 5.28. The number of carbonyl (C=O) groups excluding carboxylic acids is 1. The molecule has 0 bridgehead atoms. The number of nitrogens with one attached hydrogen (secondary N) is 1. The van der Waals surface area contributed by atoms with E-state index < -0.39 is 12.5 Å². The third-order valence-corrected chi connectivity index (χ3v) is 3.31. The van der Waals surface area contributed by atoms with E-state index in [1.54, 1.807) is 0 Å². The van der Waals surface area contributed by atoms with Crippen LogP contribution in [-0.2, 0) is 4.79 Å². The second kappa shape index (κ2) is 13.3. The number of hydrogen-bond acceptors (Lipinski definition) is 2. The maximum Gasteiger partial charge on any atom is 0.265 e. The van der Waals surface area contributed by atoms with Gasteiger partial charge < -0.3 is 10.4 Å². The fourth-order valence-corrected chi connectivity index (χ4v) is 1.99. The summed E-state index contributed by atoms with van der Waals surface area (Å²) in [6, 6.07) is 0. The minimum atomic E-state index is -2.80. The standard InChI is InChI=1S/C15H29F2NO2/c1-2-3-4-5-6-7-8-9-10-11-14(20)18-12-13(19)15(16)17/h13,15,19H,2-12H2,1H3,(H,18,20). The molecule has 0 aliphatic heterocycles. The zero-order valence-corrected chi connectivity index (χ0v) is 12.5. The van der Waals surface area contributed by atoms with Crippen molar-refractivity contribution in [2.75, 3.05) is 6.54 Å². The Morgan fingerprint density at radius 3 is 2.00 bits per heavy atom. The Hall–Kier alpha value is -0.710. The zero-order valence-electron chi connectivity index (χ0n) is 12.5. The molecule has 20 heavy (non-hydrogen) atoms. The predicted octanol–water partition coefficient (Wildman–Crippen LogP) is 3.65. The normalized spacial score (nSPS) is 12.7. The summed E-state index contributed by atoms with van der Waals surface area (Å²) < 4.78 is 24.0. The fourth-order valence-electron chi connectivity index (χ4n) is 1.99. The highest BCUT2D eigenvalue weighted by Gasteiger charge is 2.16.